The van der Waals surface area contributed by atoms with E-state index in [1.807, 2.05) is 24.3 Å². The second kappa shape index (κ2) is 5.37. The summed E-state index contributed by atoms with van der Waals surface area (Å²) in [5.41, 5.74) is 3.19. The molecule has 0 unspecified atom stereocenters. The monoisotopic (exact) mass is 236 g/mol. The van der Waals surface area contributed by atoms with Gasteiger partial charge in [-0.15, -0.1) is 6.42 Å². The first kappa shape index (κ1) is 12.2. The molecule has 0 atom stereocenters. The van der Waals surface area contributed by atoms with Crippen molar-refractivity contribution in [2.45, 2.75) is 20.3 Å². The molecule has 0 aliphatic rings. The molecule has 1 aromatic heterocycles. The predicted octanol–water partition coefficient (Wildman–Crippen LogP) is 3.39. The fourth-order valence-corrected chi connectivity index (χ4v) is 2.02. The molecule has 0 spiro atoms. The molecule has 0 fully saturated rings. The predicted molar refractivity (Wildman–Crippen MR) is 75.5 cm³/mol. The summed E-state index contributed by atoms with van der Waals surface area (Å²) in [6.07, 6.45) is 9.70. The lowest BCUT2D eigenvalue weighted by atomic mass is 10.2. The van der Waals surface area contributed by atoms with Crippen LogP contribution in [-0.4, -0.2) is 9.55 Å². The minimum Gasteiger partial charge on any atom is -0.300 e. The molecule has 1 heterocycles. The highest BCUT2D eigenvalue weighted by Crippen LogP contribution is 2.19. The number of nitrogens with zero attached hydrogens (tertiary/aromatic N) is 2. The molecule has 0 radical (unpaired) electrons. The van der Waals surface area contributed by atoms with Gasteiger partial charge in [-0.05, 0) is 31.2 Å². The Hall–Kier alpha value is -2.27. The topological polar surface area (TPSA) is 17.8 Å². The van der Waals surface area contributed by atoms with Crippen molar-refractivity contribution in [2.24, 2.45) is 0 Å². The van der Waals surface area contributed by atoms with Crippen LogP contribution in [-0.2, 0) is 6.42 Å². The van der Waals surface area contributed by atoms with E-state index in [4.69, 9.17) is 6.42 Å². The Morgan fingerprint density at radius 3 is 2.67 bits per heavy atom. The Bertz CT molecular complexity index is 598. The van der Waals surface area contributed by atoms with E-state index in [2.05, 4.69) is 41.5 Å². The van der Waals surface area contributed by atoms with E-state index in [0.29, 0.717) is 0 Å². The molecule has 1 aromatic carbocycles. The van der Waals surface area contributed by atoms with Gasteiger partial charge in [0.05, 0.1) is 5.69 Å². The molecule has 2 rings (SSSR count). The molecule has 0 saturated heterocycles. The fraction of sp³-hybridized carbons (Fsp3) is 0.188. The highest BCUT2D eigenvalue weighted by molar-refractivity contribution is 5.53. The molecule has 0 N–H and O–H groups in total. The summed E-state index contributed by atoms with van der Waals surface area (Å²) in [5, 5.41) is 0. The molecular formula is C16H16N2. The van der Waals surface area contributed by atoms with Crippen molar-refractivity contribution in [3.63, 3.8) is 0 Å². The molecule has 2 aromatic rings. The van der Waals surface area contributed by atoms with E-state index in [-0.39, 0.29) is 0 Å². The van der Waals surface area contributed by atoms with Gasteiger partial charge in [-0.2, -0.15) is 0 Å². The van der Waals surface area contributed by atoms with Gasteiger partial charge in [-0.3, -0.25) is 0 Å². The van der Waals surface area contributed by atoms with Crippen molar-refractivity contribution in [3.8, 4) is 18.0 Å². The van der Waals surface area contributed by atoms with Gasteiger partial charge < -0.3 is 4.57 Å². The molecule has 0 bridgehead atoms. The number of rotatable bonds is 3. The molecule has 0 amide bonds. The maximum atomic E-state index is 5.24. The SMILES string of the molecule is C#C/C=C\c1nc(CC)n(-c2ccccc2)c1C. The number of para-hydroxylation sites is 1. The van der Waals surface area contributed by atoms with Crippen LogP contribution in [0.1, 0.15) is 24.1 Å². The number of aryl methyl sites for hydroxylation is 1. The zero-order valence-corrected chi connectivity index (χ0v) is 10.7. The van der Waals surface area contributed by atoms with Crippen LogP contribution in [0, 0.1) is 19.3 Å². The molecule has 0 saturated carbocycles. The number of imidazole rings is 1. The zero-order chi connectivity index (χ0) is 13.0. The van der Waals surface area contributed by atoms with E-state index >= 15 is 0 Å². The number of allylic oxidation sites excluding steroid dienone is 1. The van der Waals surface area contributed by atoms with Crippen molar-refractivity contribution in [2.75, 3.05) is 0 Å². The normalized spacial score (nSPS) is 10.7. The van der Waals surface area contributed by atoms with Crippen LogP contribution in [0.25, 0.3) is 11.8 Å². The third-order valence-corrected chi connectivity index (χ3v) is 2.88. The first-order chi connectivity index (χ1) is 8.77. The summed E-state index contributed by atoms with van der Waals surface area (Å²) >= 11 is 0. The first-order valence-corrected chi connectivity index (χ1v) is 6.04. The average Bonchev–Trinajstić information content (AvgIpc) is 2.74. The number of hydrogen-bond acceptors (Lipinski definition) is 1. The van der Waals surface area contributed by atoms with Crippen molar-refractivity contribution in [3.05, 3.63) is 53.6 Å². The standard InChI is InChI=1S/C16H16N2/c1-4-6-12-15-13(3)18(16(5-2)17-15)14-10-8-7-9-11-14/h1,6-12H,5H2,2-3H3/b12-6-. The van der Waals surface area contributed by atoms with Crippen LogP contribution in [0.5, 0.6) is 0 Å². The van der Waals surface area contributed by atoms with Gasteiger partial charge >= 0.3 is 0 Å². The largest absolute Gasteiger partial charge is 0.300 e. The lowest BCUT2D eigenvalue weighted by molar-refractivity contribution is 0.872. The fourth-order valence-electron chi connectivity index (χ4n) is 2.02. The summed E-state index contributed by atoms with van der Waals surface area (Å²) < 4.78 is 2.18. The molecule has 90 valence electrons. The Morgan fingerprint density at radius 2 is 2.06 bits per heavy atom. The molecule has 2 nitrogen and oxygen atoms in total. The first-order valence-electron chi connectivity index (χ1n) is 6.04. The molecule has 0 aliphatic heterocycles. The summed E-state index contributed by atoms with van der Waals surface area (Å²) in [4.78, 5) is 4.62. The minimum atomic E-state index is 0.889. The summed E-state index contributed by atoms with van der Waals surface area (Å²) in [6, 6.07) is 10.3. The van der Waals surface area contributed by atoms with Gasteiger partial charge in [0.2, 0.25) is 0 Å². The van der Waals surface area contributed by atoms with Crippen molar-refractivity contribution in [1.82, 2.24) is 9.55 Å². The van der Waals surface area contributed by atoms with E-state index < -0.39 is 0 Å². The highest BCUT2D eigenvalue weighted by Gasteiger charge is 2.11. The molecule has 2 heteroatoms. The van der Waals surface area contributed by atoms with E-state index in [1.54, 1.807) is 6.08 Å². The highest BCUT2D eigenvalue weighted by atomic mass is 15.1. The van der Waals surface area contributed by atoms with Crippen LogP contribution >= 0.6 is 0 Å². The van der Waals surface area contributed by atoms with Gasteiger partial charge in [0.15, 0.2) is 0 Å². The number of terminal acetylenes is 1. The van der Waals surface area contributed by atoms with Gasteiger partial charge in [0, 0.05) is 17.8 Å². The zero-order valence-electron chi connectivity index (χ0n) is 10.7. The van der Waals surface area contributed by atoms with Crippen LogP contribution in [0.4, 0.5) is 0 Å². The minimum absolute atomic E-state index is 0.889. The lowest BCUT2D eigenvalue weighted by Crippen LogP contribution is -2.01. The Kier molecular flexibility index (Phi) is 3.64. The maximum absolute atomic E-state index is 5.24. The quantitative estimate of drug-likeness (QED) is 0.747. The third kappa shape index (κ3) is 2.21. The Labute approximate surface area is 108 Å². The number of benzene rings is 1. The van der Waals surface area contributed by atoms with Crippen LogP contribution in [0.3, 0.4) is 0 Å². The second-order valence-corrected chi connectivity index (χ2v) is 4.02. The smallest absolute Gasteiger partial charge is 0.113 e. The van der Waals surface area contributed by atoms with E-state index in [1.165, 1.54) is 0 Å². The summed E-state index contributed by atoms with van der Waals surface area (Å²) in [6.45, 7) is 4.17. The number of aromatic nitrogens is 2. The van der Waals surface area contributed by atoms with Crippen LogP contribution in [0.2, 0.25) is 0 Å². The van der Waals surface area contributed by atoms with Gasteiger partial charge in [0.25, 0.3) is 0 Å². The second-order valence-electron chi connectivity index (χ2n) is 4.02. The summed E-state index contributed by atoms with van der Waals surface area (Å²) in [5.74, 6) is 3.55. The van der Waals surface area contributed by atoms with Crippen molar-refractivity contribution in [1.29, 1.82) is 0 Å². The van der Waals surface area contributed by atoms with Crippen LogP contribution in [0.15, 0.2) is 36.4 Å². The lowest BCUT2D eigenvalue weighted by Gasteiger charge is -2.08. The summed E-state index contributed by atoms with van der Waals surface area (Å²) in [7, 11) is 0. The van der Waals surface area contributed by atoms with E-state index in [9.17, 15) is 0 Å². The Balaban J connectivity index is 2.57. The Morgan fingerprint density at radius 1 is 1.33 bits per heavy atom. The van der Waals surface area contributed by atoms with Gasteiger partial charge in [-0.25, -0.2) is 4.98 Å². The van der Waals surface area contributed by atoms with Crippen LogP contribution < -0.4 is 0 Å². The van der Waals surface area contributed by atoms with Crippen molar-refractivity contribution < 1.29 is 0 Å². The maximum Gasteiger partial charge on any atom is 0.113 e. The van der Waals surface area contributed by atoms with E-state index in [0.717, 1.165) is 29.3 Å². The molecular weight excluding hydrogens is 220 g/mol. The molecule has 18 heavy (non-hydrogen) atoms. The van der Waals surface area contributed by atoms with Crippen molar-refractivity contribution >= 4 is 6.08 Å². The number of hydrogen-bond donors (Lipinski definition) is 0. The average molecular weight is 236 g/mol. The molecule has 0 aliphatic carbocycles. The van der Waals surface area contributed by atoms with Gasteiger partial charge in [-0.1, -0.05) is 31.0 Å². The van der Waals surface area contributed by atoms with Gasteiger partial charge in [0.1, 0.15) is 5.82 Å². The third-order valence-electron chi connectivity index (χ3n) is 2.88.